The topological polar surface area (TPSA) is 84.1 Å². The summed E-state index contributed by atoms with van der Waals surface area (Å²) in [7, 11) is 1.41. The maximum atomic E-state index is 12.6. The third kappa shape index (κ3) is 2.87. The molecule has 120 valence electrons. The first kappa shape index (κ1) is 15.1. The molecule has 0 aromatic carbocycles. The normalized spacial score (nSPS) is 24.4. The number of carbonyl (C=O) groups is 2. The Hall–Kier alpha value is -1.85. The molecule has 1 saturated carbocycles. The van der Waals surface area contributed by atoms with E-state index in [4.69, 9.17) is 4.74 Å². The molecule has 1 heterocycles. The van der Waals surface area contributed by atoms with Crippen molar-refractivity contribution >= 4 is 11.9 Å². The predicted octanol–water partition coefficient (Wildman–Crippen LogP) is 1.75. The first-order valence-electron chi connectivity index (χ1n) is 8.15. The predicted molar refractivity (Wildman–Crippen MR) is 80.5 cm³/mol. The molecule has 22 heavy (non-hydrogen) atoms. The van der Waals surface area contributed by atoms with E-state index in [1.54, 1.807) is 0 Å². The first-order valence-corrected chi connectivity index (χ1v) is 8.15. The van der Waals surface area contributed by atoms with Crippen LogP contribution in [0.3, 0.4) is 0 Å². The summed E-state index contributed by atoms with van der Waals surface area (Å²) in [6.45, 7) is 0. The number of H-pyrrole nitrogens is 1. The standard InChI is InChI=1S/C16H23N3O3/c1-22-16(21)11-6-3-2-4-8-12(11)17-15(20)14-10-7-5-9-13(10)18-19-14/h11-12H,2-9H2,1H3,(H,17,20)(H,18,19)/t11-,12+/m0/s1. The number of methoxy groups -OCH3 is 1. The number of hydrogen-bond acceptors (Lipinski definition) is 4. The zero-order valence-electron chi connectivity index (χ0n) is 13.0. The number of amides is 1. The summed E-state index contributed by atoms with van der Waals surface area (Å²) in [5.74, 6) is -0.636. The van der Waals surface area contributed by atoms with Crippen molar-refractivity contribution in [2.75, 3.05) is 7.11 Å². The highest BCUT2D eigenvalue weighted by molar-refractivity contribution is 5.94. The highest BCUT2D eigenvalue weighted by Gasteiger charge is 2.33. The molecule has 6 nitrogen and oxygen atoms in total. The van der Waals surface area contributed by atoms with E-state index in [9.17, 15) is 9.59 Å². The summed E-state index contributed by atoms with van der Waals surface area (Å²) in [5, 5.41) is 10.2. The summed E-state index contributed by atoms with van der Waals surface area (Å²) >= 11 is 0. The minimum absolute atomic E-state index is 0.156. The molecular formula is C16H23N3O3. The van der Waals surface area contributed by atoms with Crippen molar-refractivity contribution in [3.63, 3.8) is 0 Å². The van der Waals surface area contributed by atoms with Crippen LogP contribution in [-0.2, 0) is 22.4 Å². The number of nitrogens with zero attached hydrogens (tertiary/aromatic N) is 1. The van der Waals surface area contributed by atoms with Crippen molar-refractivity contribution in [3.8, 4) is 0 Å². The highest BCUT2D eigenvalue weighted by atomic mass is 16.5. The van der Waals surface area contributed by atoms with Gasteiger partial charge in [0.1, 0.15) is 0 Å². The minimum atomic E-state index is -0.247. The molecule has 0 bridgehead atoms. The summed E-state index contributed by atoms with van der Waals surface area (Å²) in [5.41, 5.74) is 2.62. The molecule has 0 saturated heterocycles. The molecule has 0 unspecified atom stereocenters. The van der Waals surface area contributed by atoms with Gasteiger partial charge >= 0.3 is 5.97 Å². The van der Waals surface area contributed by atoms with E-state index in [0.717, 1.165) is 62.6 Å². The van der Waals surface area contributed by atoms with Gasteiger partial charge in [-0.3, -0.25) is 14.7 Å². The third-order valence-corrected chi connectivity index (χ3v) is 4.86. The third-order valence-electron chi connectivity index (χ3n) is 4.86. The molecule has 2 atom stereocenters. The average Bonchev–Trinajstić information content (AvgIpc) is 3.05. The van der Waals surface area contributed by atoms with Crippen LogP contribution in [-0.4, -0.2) is 35.2 Å². The zero-order valence-corrected chi connectivity index (χ0v) is 13.0. The number of aromatic nitrogens is 2. The van der Waals surface area contributed by atoms with Gasteiger partial charge in [0.2, 0.25) is 0 Å². The molecule has 2 aliphatic rings. The molecule has 3 rings (SSSR count). The molecule has 1 aromatic heterocycles. The average molecular weight is 305 g/mol. The molecule has 2 N–H and O–H groups in total. The second-order valence-corrected chi connectivity index (χ2v) is 6.23. The van der Waals surface area contributed by atoms with E-state index >= 15 is 0 Å². The maximum absolute atomic E-state index is 12.6. The Morgan fingerprint density at radius 1 is 1.18 bits per heavy atom. The lowest BCUT2D eigenvalue weighted by atomic mass is 9.94. The smallest absolute Gasteiger partial charge is 0.310 e. The largest absolute Gasteiger partial charge is 0.469 e. The van der Waals surface area contributed by atoms with Crippen molar-refractivity contribution < 1.29 is 14.3 Å². The lowest BCUT2D eigenvalue weighted by molar-refractivity contribution is -0.146. The molecule has 0 spiro atoms. The van der Waals surface area contributed by atoms with E-state index in [1.807, 2.05) is 0 Å². The Kier molecular flexibility index (Phi) is 4.45. The second kappa shape index (κ2) is 6.50. The van der Waals surface area contributed by atoms with Crippen LogP contribution >= 0.6 is 0 Å². The summed E-state index contributed by atoms with van der Waals surface area (Å²) in [4.78, 5) is 24.5. The fourth-order valence-corrected chi connectivity index (χ4v) is 3.66. The Morgan fingerprint density at radius 3 is 2.82 bits per heavy atom. The van der Waals surface area contributed by atoms with E-state index in [2.05, 4.69) is 15.5 Å². The van der Waals surface area contributed by atoms with Crippen molar-refractivity contribution in [1.29, 1.82) is 0 Å². The van der Waals surface area contributed by atoms with Gasteiger partial charge in [-0.1, -0.05) is 19.3 Å². The number of esters is 1. The van der Waals surface area contributed by atoms with Crippen LogP contribution in [0.4, 0.5) is 0 Å². The lowest BCUT2D eigenvalue weighted by Gasteiger charge is -2.23. The second-order valence-electron chi connectivity index (χ2n) is 6.23. The van der Waals surface area contributed by atoms with Gasteiger partial charge in [0.05, 0.1) is 13.0 Å². The number of nitrogens with one attached hydrogen (secondary N) is 2. The van der Waals surface area contributed by atoms with Crippen LogP contribution < -0.4 is 5.32 Å². The van der Waals surface area contributed by atoms with Crippen LogP contribution in [0.2, 0.25) is 0 Å². The quantitative estimate of drug-likeness (QED) is 0.658. The summed E-state index contributed by atoms with van der Waals surface area (Å²) < 4.78 is 4.91. The minimum Gasteiger partial charge on any atom is -0.469 e. The molecule has 1 aromatic rings. The van der Waals surface area contributed by atoms with E-state index < -0.39 is 0 Å². The van der Waals surface area contributed by atoms with Crippen LogP contribution in [0.1, 0.15) is 60.3 Å². The Bertz CT molecular complexity index is 567. The number of aryl methyl sites for hydroxylation is 1. The monoisotopic (exact) mass is 305 g/mol. The van der Waals surface area contributed by atoms with Gasteiger partial charge in [-0.05, 0) is 32.1 Å². The molecule has 6 heteroatoms. The van der Waals surface area contributed by atoms with Gasteiger partial charge in [-0.2, -0.15) is 5.10 Å². The Labute approximate surface area is 130 Å². The molecule has 0 aliphatic heterocycles. The van der Waals surface area contributed by atoms with Gasteiger partial charge < -0.3 is 10.1 Å². The zero-order chi connectivity index (χ0) is 15.5. The fourth-order valence-electron chi connectivity index (χ4n) is 3.66. The van der Waals surface area contributed by atoms with E-state index in [0.29, 0.717) is 5.69 Å². The maximum Gasteiger partial charge on any atom is 0.310 e. The number of fused-ring (bicyclic) bond motifs is 1. The van der Waals surface area contributed by atoms with Gasteiger partial charge in [-0.15, -0.1) is 0 Å². The van der Waals surface area contributed by atoms with Gasteiger partial charge in [0, 0.05) is 17.3 Å². The van der Waals surface area contributed by atoms with Gasteiger partial charge in [-0.25, -0.2) is 0 Å². The molecule has 1 amide bonds. The van der Waals surface area contributed by atoms with Gasteiger partial charge in [0.15, 0.2) is 5.69 Å². The Balaban J connectivity index is 1.74. The number of aromatic amines is 1. The van der Waals surface area contributed by atoms with Crippen molar-refractivity contribution in [3.05, 3.63) is 17.0 Å². The van der Waals surface area contributed by atoms with Crippen molar-refractivity contribution in [2.45, 2.75) is 57.4 Å². The van der Waals surface area contributed by atoms with Gasteiger partial charge in [0.25, 0.3) is 5.91 Å². The number of rotatable bonds is 3. The summed E-state index contributed by atoms with van der Waals surface area (Å²) in [6.07, 6.45) is 7.65. The van der Waals surface area contributed by atoms with E-state index in [-0.39, 0.29) is 23.8 Å². The number of hydrogen-bond donors (Lipinski definition) is 2. The van der Waals surface area contributed by atoms with Crippen LogP contribution in [0.5, 0.6) is 0 Å². The molecule has 1 fully saturated rings. The van der Waals surface area contributed by atoms with Crippen LogP contribution in [0.15, 0.2) is 0 Å². The SMILES string of the molecule is COC(=O)[C@H]1CCCCC[C@H]1NC(=O)c1n[nH]c2c1CCC2. The molecule has 2 aliphatic carbocycles. The number of ether oxygens (including phenoxy) is 1. The number of carbonyl (C=O) groups excluding carboxylic acids is 2. The summed E-state index contributed by atoms with van der Waals surface area (Å²) in [6, 6.07) is -0.156. The van der Waals surface area contributed by atoms with Crippen LogP contribution in [0.25, 0.3) is 0 Å². The van der Waals surface area contributed by atoms with Crippen molar-refractivity contribution in [2.24, 2.45) is 5.92 Å². The van der Waals surface area contributed by atoms with E-state index in [1.165, 1.54) is 7.11 Å². The first-order chi connectivity index (χ1) is 10.7. The highest BCUT2D eigenvalue weighted by Crippen LogP contribution is 2.26. The fraction of sp³-hybridized carbons (Fsp3) is 0.688. The molecule has 0 radical (unpaired) electrons. The Morgan fingerprint density at radius 2 is 2.00 bits per heavy atom. The molecular weight excluding hydrogens is 282 g/mol. The van der Waals surface area contributed by atoms with Crippen molar-refractivity contribution in [1.82, 2.24) is 15.5 Å². The lowest BCUT2D eigenvalue weighted by Crippen LogP contribution is -2.43. The van der Waals surface area contributed by atoms with Crippen LogP contribution in [0, 0.1) is 5.92 Å².